The number of rotatable bonds is 5. The number of guanidine groups is 1. The van der Waals surface area contributed by atoms with Crippen LogP contribution in [0, 0.1) is 0 Å². The van der Waals surface area contributed by atoms with E-state index in [1.807, 2.05) is 19.9 Å². The van der Waals surface area contributed by atoms with Crippen molar-refractivity contribution in [2.24, 2.45) is 4.99 Å². The van der Waals surface area contributed by atoms with E-state index in [0.717, 1.165) is 30.5 Å². The molecule has 0 atom stereocenters. The highest BCUT2D eigenvalue weighted by atomic mass is 16.5. The van der Waals surface area contributed by atoms with E-state index in [9.17, 15) is 0 Å². The summed E-state index contributed by atoms with van der Waals surface area (Å²) in [6.07, 6.45) is 0. The van der Waals surface area contributed by atoms with Crippen LogP contribution in [0.3, 0.4) is 0 Å². The average molecular weight is 238 g/mol. The minimum atomic E-state index is 0.387. The Balaban J connectivity index is 2.59. The molecule has 0 amide bonds. The lowest BCUT2D eigenvalue weighted by molar-refractivity contribution is 0.376. The Morgan fingerprint density at radius 3 is 2.47 bits per heavy atom. The van der Waals surface area contributed by atoms with Gasteiger partial charge < -0.3 is 15.2 Å². The summed E-state index contributed by atoms with van der Waals surface area (Å²) in [5.41, 5.74) is 0.976. The molecule has 0 fully saturated rings. The van der Waals surface area contributed by atoms with Crippen molar-refractivity contribution in [1.29, 1.82) is 0 Å². The molecule has 0 aromatic carbocycles. The Hall–Kier alpha value is -1.52. The van der Waals surface area contributed by atoms with Crippen molar-refractivity contribution in [3.8, 4) is 0 Å². The predicted molar refractivity (Wildman–Crippen MR) is 69.1 cm³/mol. The summed E-state index contributed by atoms with van der Waals surface area (Å²) in [6.45, 7) is 10.5. The van der Waals surface area contributed by atoms with Crippen LogP contribution in [0.1, 0.15) is 45.1 Å². The van der Waals surface area contributed by atoms with Gasteiger partial charge in [0.1, 0.15) is 6.54 Å². The van der Waals surface area contributed by atoms with Crippen LogP contribution < -0.4 is 10.6 Å². The number of nitrogens with one attached hydrogen (secondary N) is 2. The Morgan fingerprint density at radius 1 is 1.35 bits per heavy atom. The van der Waals surface area contributed by atoms with Crippen molar-refractivity contribution in [1.82, 2.24) is 15.8 Å². The smallest absolute Gasteiger partial charge is 0.191 e. The van der Waals surface area contributed by atoms with E-state index < -0.39 is 0 Å². The molecule has 0 unspecified atom stereocenters. The maximum atomic E-state index is 5.22. The quantitative estimate of drug-likeness (QED) is 0.607. The van der Waals surface area contributed by atoms with Crippen LogP contribution >= 0.6 is 0 Å². The zero-order valence-corrected chi connectivity index (χ0v) is 11.1. The van der Waals surface area contributed by atoms with Crippen LogP contribution in [0.2, 0.25) is 0 Å². The summed E-state index contributed by atoms with van der Waals surface area (Å²) in [5, 5.41) is 10.3. The summed E-state index contributed by atoms with van der Waals surface area (Å²) in [6, 6.07) is 1.96. The van der Waals surface area contributed by atoms with Crippen molar-refractivity contribution >= 4 is 5.96 Å². The number of nitrogens with zero attached hydrogens (tertiary/aromatic N) is 2. The average Bonchev–Trinajstić information content (AvgIpc) is 2.75. The van der Waals surface area contributed by atoms with Gasteiger partial charge in [-0.05, 0) is 19.8 Å². The van der Waals surface area contributed by atoms with E-state index in [1.165, 1.54) is 0 Å². The first-order chi connectivity index (χ1) is 8.17. The first-order valence-corrected chi connectivity index (χ1v) is 6.15. The summed E-state index contributed by atoms with van der Waals surface area (Å²) >= 11 is 0. The Kier molecular flexibility index (Phi) is 5.52. The van der Waals surface area contributed by atoms with Gasteiger partial charge in [-0.3, -0.25) is 0 Å². The number of aliphatic imine (C=N–C) groups is 1. The lowest BCUT2D eigenvalue weighted by atomic mass is 10.1. The largest absolute Gasteiger partial charge is 0.359 e. The van der Waals surface area contributed by atoms with Crippen molar-refractivity contribution in [2.75, 3.05) is 13.1 Å². The van der Waals surface area contributed by atoms with Gasteiger partial charge in [-0.25, -0.2) is 4.99 Å². The van der Waals surface area contributed by atoms with Crippen LogP contribution in [0.5, 0.6) is 0 Å². The molecule has 1 rings (SSSR count). The highest BCUT2D eigenvalue weighted by Crippen LogP contribution is 2.14. The molecule has 0 aliphatic rings. The number of hydrogen-bond donors (Lipinski definition) is 2. The monoisotopic (exact) mass is 238 g/mol. The summed E-state index contributed by atoms with van der Waals surface area (Å²) in [7, 11) is 0. The minimum absolute atomic E-state index is 0.387. The molecular formula is C12H22N4O. The van der Waals surface area contributed by atoms with Gasteiger partial charge in [-0.15, -0.1) is 0 Å². The van der Waals surface area contributed by atoms with Gasteiger partial charge in [0.25, 0.3) is 0 Å². The molecular weight excluding hydrogens is 216 g/mol. The summed E-state index contributed by atoms with van der Waals surface area (Å²) in [4.78, 5) is 4.41. The third-order valence-corrected chi connectivity index (χ3v) is 2.25. The normalized spacial score (nSPS) is 10.4. The molecule has 2 N–H and O–H groups in total. The minimum Gasteiger partial charge on any atom is -0.359 e. The highest BCUT2D eigenvalue weighted by Gasteiger charge is 2.07. The van der Waals surface area contributed by atoms with Crippen LogP contribution in [-0.4, -0.2) is 24.2 Å². The van der Waals surface area contributed by atoms with Crippen LogP contribution in [0.4, 0.5) is 0 Å². The SMILES string of the molecule is CCNC(=NCc1cc(C(C)C)no1)NCC. The second-order valence-corrected chi connectivity index (χ2v) is 4.10. The standard InChI is InChI=1S/C12H22N4O/c1-5-13-12(14-6-2)15-8-10-7-11(9(3)4)16-17-10/h7,9H,5-6,8H2,1-4H3,(H2,13,14,15). The fourth-order valence-electron chi connectivity index (χ4n) is 1.34. The molecule has 1 aromatic rings. The lowest BCUT2D eigenvalue weighted by Gasteiger charge is -2.07. The van der Waals surface area contributed by atoms with Crippen molar-refractivity contribution in [3.63, 3.8) is 0 Å². The molecule has 0 saturated carbocycles. The van der Waals surface area contributed by atoms with Gasteiger partial charge in [0.15, 0.2) is 11.7 Å². The third-order valence-electron chi connectivity index (χ3n) is 2.25. The molecule has 5 heteroatoms. The molecule has 5 nitrogen and oxygen atoms in total. The molecule has 1 aromatic heterocycles. The zero-order chi connectivity index (χ0) is 12.7. The molecule has 17 heavy (non-hydrogen) atoms. The topological polar surface area (TPSA) is 62.5 Å². The van der Waals surface area contributed by atoms with Gasteiger partial charge in [0, 0.05) is 19.2 Å². The fourth-order valence-corrected chi connectivity index (χ4v) is 1.34. The summed E-state index contributed by atoms with van der Waals surface area (Å²) < 4.78 is 5.22. The van der Waals surface area contributed by atoms with Gasteiger partial charge >= 0.3 is 0 Å². The lowest BCUT2D eigenvalue weighted by Crippen LogP contribution is -2.36. The molecule has 0 spiro atoms. The maximum absolute atomic E-state index is 5.22. The van der Waals surface area contributed by atoms with E-state index in [-0.39, 0.29) is 0 Å². The van der Waals surface area contributed by atoms with E-state index in [4.69, 9.17) is 4.52 Å². The molecule has 0 saturated heterocycles. The summed E-state index contributed by atoms with van der Waals surface area (Å²) in [5.74, 6) is 1.98. The second kappa shape index (κ2) is 6.93. The highest BCUT2D eigenvalue weighted by molar-refractivity contribution is 5.79. The fraction of sp³-hybridized carbons (Fsp3) is 0.667. The first-order valence-electron chi connectivity index (χ1n) is 6.15. The second-order valence-electron chi connectivity index (χ2n) is 4.10. The van der Waals surface area contributed by atoms with E-state index in [2.05, 4.69) is 34.6 Å². The van der Waals surface area contributed by atoms with Crippen molar-refractivity contribution in [3.05, 3.63) is 17.5 Å². The molecule has 0 bridgehead atoms. The Morgan fingerprint density at radius 2 is 2.00 bits per heavy atom. The molecule has 0 aliphatic heterocycles. The van der Waals surface area contributed by atoms with Gasteiger partial charge in [0.2, 0.25) is 0 Å². The molecule has 0 radical (unpaired) electrons. The van der Waals surface area contributed by atoms with E-state index in [0.29, 0.717) is 12.5 Å². The first kappa shape index (κ1) is 13.5. The van der Waals surface area contributed by atoms with Crippen LogP contribution in [0.15, 0.2) is 15.6 Å². The maximum Gasteiger partial charge on any atom is 0.191 e. The number of aromatic nitrogens is 1. The van der Waals surface area contributed by atoms with Gasteiger partial charge in [0.05, 0.1) is 5.69 Å². The number of hydrogen-bond acceptors (Lipinski definition) is 3. The van der Waals surface area contributed by atoms with Gasteiger partial charge in [-0.2, -0.15) is 0 Å². The van der Waals surface area contributed by atoms with E-state index in [1.54, 1.807) is 0 Å². The molecule has 96 valence electrons. The Labute approximate surface area is 103 Å². The van der Waals surface area contributed by atoms with Crippen molar-refractivity contribution < 1.29 is 4.52 Å². The Bertz CT molecular complexity index is 349. The third kappa shape index (κ3) is 4.46. The van der Waals surface area contributed by atoms with Crippen LogP contribution in [0.25, 0.3) is 0 Å². The van der Waals surface area contributed by atoms with Crippen LogP contribution in [-0.2, 0) is 6.54 Å². The molecule has 1 heterocycles. The zero-order valence-electron chi connectivity index (χ0n) is 11.1. The van der Waals surface area contributed by atoms with Crippen molar-refractivity contribution in [2.45, 2.75) is 40.2 Å². The van der Waals surface area contributed by atoms with Gasteiger partial charge in [-0.1, -0.05) is 19.0 Å². The molecule has 0 aliphatic carbocycles. The predicted octanol–water partition coefficient (Wildman–Crippen LogP) is 1.87. The van der Waals surface area contributed by atoms with E-state index >= 15 is 0 Å².